The highest BCUT2D eigenvalue weighted by Gasteiger charge is 1.98. The lowest BCUT2D eigenvalue weighted by atomic mass is 10.2. The molecule has 16 heavy (non-hydrogen) atoms. The third-order valence-corrected chi connectivity index (χ3v) is 1.98. The maximum absolute atomic E-state index is 10.8. The summed E-state index contributed by atoms with van der Waals surface area (Å²) in [6, 6.07) is 7.71. The van der Waals surface area contributed by atoms with Crippen LogP contribution in [0.1, 0.15) is 5.56 Å². The first-order valence-electron chi connectivity index (χ1n) is 4.86. The van der Waals surface area contributed by atoms with Crippen LogP contribution in [-0.2, 0) is 20.9 Å². The first kappa shape index (κ1) is 12.3. The van der Waals surface area contributed by atoms with Gasteiger partial charge in [0.05, 0.1) is 13.7 Å². The molecule has 4 heteroatoms. The molecule has 0 unspecified atom stereocenters. The highest BCUT2D eigenvalue weighted by molar-refractivity contribution is 5.82. The second-order valence-corrected chi connectivity index (χ2v) is 3.09. The maximum atomic E-state index is 10.8. The van der Waals surface area contributed by atoms with Crippen LogP contribution in [0.3, 0.4) is 0 Å². The van der Waals surface area contributed by atoms with Gasteiger partial charge in [0.1, 0.15) is 0 Å². The van der Waals surface area contributed by atoms with Crippen LogP contribution in [0.15, 0.2) is 36.5 Å². The normalized spacial score (nSPS) is 10.4. The summed E-state index contributed by atoms with van der Waals surface area (Å²) in [6.45, 7) is 0.523. The van der Waals surface area contributed by atoms with Gasteiger partial charge in [0.2, 0.25) is 0 Å². The Morgan fingerprint density at radius 3 is 2.81 bits per heavy atom. The van der Waals surface area contributed by atoms with E-state index in [1.807, 2.05) is 24.3 Å². The van der Waals surface area contributed by atoms with Gasteiger partial charge in [-0.05, 0) is 6.07 Å². The van der Waals surface area contributed by atoms with Crippen molar-refractivity contribution in [2.75, 3.05) is 19.5 Å². The fourth-order valence-electron chi connectivity index (χ4n) is 1.21. The summed E-state index contributed by atoms with van der Waals surface area (Å²) in [5, 5.41) is 3.00. The van der Waals surface area contributed by atoms with Crippen molar-refractivity contribution >= 4 is 11.7 Å². The van der Waals surface area contributed by atoms with Crippen LogP contribution < -0.4 is 5.32 Å². The minimum absolute atomic E-state index is 0.392. The van der Waals surface area contributed by atoms with E-state index in [0.29, 0.717) is 6.61 Å². The number of carbonyl (C=O) groups excluding carboxylic acids is 1. The fourth-order valence-corrected chi connectivity index (χ4v) is 1.21. The van der Waals surface area contributed by atoms with Crippen LogP contribution in [0.4, 0.5) is 5.69 Å². The zero-order valence-electron chi connectivity index (χ0n) is 9.40. The van der Waals surface area contributed by atoms with E-state index < -0.39 is 5.97 Å². The van der Waals surface area contributed by atoms with Gasteiger partial charge in [-0.1, -0.05) is 18.2 Å². The number of ether oxygens (including phenoxy) is 2. The van der Waals surface area contributed by atoms with Gasteiger partial charge in [-0.15, -0.1) is 0 Å². The van der Waals surface area contributed by atoms with Crippen LogP contribution in [0.25, 0.3) is 0 Å². The molecule has 4 nitrogen and oxygen atoms in total. The molecule has 1 aromatic rings. The number of hydrogen-bond donors (Lipinski definition) is 1. The Morgan fingerprint density at radius 2 is 2.12 bits per heavy atom. The highest BCUT2D eigenvalue weighted by Crippen LogP contribution is 2.15. The first-order valence-corrected chi connectivity index (χ1v) is 4.86. The number of para-hydroxylation sites is 1. The molecule has 0 saturated heterocycles. The summed E-state index contributed by atoms with van der Waals surface area (Å²) < 4.78 is 9.54. The molecule has 86 valence electrons. The van der Waals surface area contributed by atoms with Crippen LogP contribution >= 0.6 is 0 Å². The molecule has 0 spiro atoms. The van der Waals surface area contributed by atoms with Crippen molar-refractivity contribution in [3.05, 3.63) is 42.1 Å². The molecule has 0 radical (unpaired) electrons. The van der Waals surface area contributed by atoms with Crippen molar-refractivity contribution < 1.29 is 14.3 Å². The lowest BCUT2D eigenvalue weighted by Gasteiger charge is -2.07. The predicted octanol–water partition coefficient (Wildman–Crippen LogP) is 1.93. The molecule has 0 heterocycles. The van der Waals surface area contributed by atoms with Crippen molar-refractivity contribution in [3.63, 3.8) is 0 Å². The highest BCUT2D eigenvalue weighted by atomic mass is 16.5. The molecule has 1 aromatic carbocycles. The maximum Gasteiger partial charge on any atom is 0.331 e. The number of esters is 1. The molecule has 0 aromatic heterocycles. The number of hydrogen-bond acceptors (Lipinski definition) is 4. The minimum atomic E-state index is -0.392. The molecule has 0 aliphatic rings. The van der Waals surface area contributed by atoms with Crippen LogP contribution in [0.2, 0.25) is 0 Å². The number of nitrogens with one attached hydrogen (secondary N) is 1. The Balaban J connectivity index is 2.65. The lowest BCUT2D eigenvalue weighted by Crippen LogP contribution is -1.99. The molecule has 0 atom stereocenters. The summed E-state index contributed by atoms with van der Waals surface area (Å²) in [4.78, 5) is 10.8. The van der Waals surface area contributed by atoms with E-state index >= 15 is 0 Å². The molecule has 0 fully saturated rings. The molecule has 0 bridgehead atoms. The van der Waals surface area contributed by atoms with Crippen LogP contribution in [0.5, 0.6) is 0 Å². The van der Waals surface area contributed by atoms with Crippen LogP contribution in [0, 0.1) is 0 Å². The Kier molecular flexibility index (Phi) is 5.08. The van der Waals surface area contributed by atoms with E-state index in [0.717, 1.165) is 11.3 Å². The quantitative estimate of drug-likeness (QED) is 0.609. The Bertz CT molecular complexity index is 374. The molecule has 0 aliphatic carbocycles. The van der Waals surface area contributed by atoms with Gasteiger partial charge in [-0.2, -0.15) is 0 Å². The van der Waals surface area contributed by atoms with E-state index in [4.69, 9.17) is 4.74 Å². The van der Waals surface area contributed by atoms with Gasteiger partial charge in [-0.3, -0.25) is 0 Å². The average Bonchev–Trinajstić information content (AvgIpc) is 2.31. The van der Waals surface area contributed by atoms with E-state index in [1.165, 1.54) is 13.2 Å². The largest absolute Gasteiger partial charge is 0.466 e. The zero-order chi connectivity index (χ0) is 11.8. The standard InChI is InChI=1S/C12H15NO3/c1-15-9-10-5-3-4-6-11(10)13-8-7-12(14)16-2/h3-8,13H,9H2,1-2H3/b8-7+. The number of carbonyl (C=O) groups is 1. The van der Waals surface area contributed by atoms with E-state index in [2.05, 4.69) is 10.1 Å². The van der Waals surface area contributed by atoms with Gasteiger partial charge >= 0.3 is 5.97 Å². The van der Waals surface area contributed by atoms with Gasteiger partial charge in [-0.25, -0.2) is 4.79 Å². The number of methoxy groups -OCH3 is 2. The van der Waals surface area contributed by atoms with Crippen molar-refractivity contribution in [3.8, 4) is 0 Å². The summed E-state index contributed by atoms with van der Waals surface area (Å²) in [6.07, 6.45) is 2.86. The summed E-state index contributed by atoms with van der Waals surface area (Å²) >= 11 is 0. The molecule has 1 N–H and O–H groups in total. The lowest BCUT2D eigenvalue weighted by molar-refractivity contribution is -0.134. The molecular formula is C12H15NO3. The second kappa shape index (κ2) is 6.63. The monoisotopic (exact) mass is 221 g/mol. The van der Waals surface area contributed by atoms with Crippen LogP contribution in [-0.4, -0.2) is 20.2 Å². The third kappa shape index (κ3) is 3.74. The average molecular weight is 221 g/mol. The summed E-state index contributed by atoms with van der Waals surface area (Å²) in [5.74, 6) is -0.392. The fraction of sp³-hybridized carbons (Fsp3) is 0.250. The zero-order valence-corrected chi connectivity index (χ0v) is 9.40. The van der Waals surface area contributed by atoms with Crippen molar-refractivity contribution in [1.82, 2.24) is 0 Å². The van der Waals surface area contributed by atoms with Gasteiger partial charge in [0, 0.05) is 30.6 Å². The first-order chi connectivity index (χ1) is 7.77. The van der Waals surface area contributed by atoms with Gasteiger partial charge < -0.3 is 14.8 Å². The molecule has 0 aliphatic heterocycles. The number of benzene rings is 1. The summed E-state index contributed by atoms with van der Waals surface area (Å²) in [7, 11) is 2.98. The summed E-state index contributed by atoms with van der Waals surface area (Å²) in [5.41, 5.74) is 1.93. The smallest absolute Gasteiger partial charge is 0.331 e. The Morgan fingerprint density at radius 1 is 1.38 bits per heavy atom. The molecule has 0 amide bonds. The van der Waals surface area contributed by atoms with Crippen molar-refractivity contribution in [2.24, 2.45) is 0 Å². The van der Waals surface area contributed by atoms with Crippen molar-refractivity contribution in [2.45, 2.75) is 6.61 Å². The SMILES string of the molecule is COCc1ccccc1N/C=C/C(=O)OC. The van der Waals surface area contributed by atoms with E-state index in [9.17, 15) is 4.79 Å². The Hall–Kier alpha value is -1.81. The molecule has 0 saturated carbocycles. The van der Waals surface area contributed by atoms with Crippen molar-refractivity contribution in [1.29, 1.82) is 0 Å². The van der Waals surface area contributed by atoms with Gasteiger partial charge in [0.15, 0.2) is 0 Å². The Labute approximate surface area is 94.9 Å². The predicted molar refractivity (Wildman–Crippen MR) is 61.9 cm³/mol. The van der Waals surface area contributed by atoms with E-state index in [1.54, 1.807) is 13.3 Å². The molecule has 1 rings (SSSR count). The topological polar surface area (TPSA) is 47.6 Å². The second-order valence-electron chi connectivity index (χ2n) is 3.09. The molecular weight excluding hydrogens is 206 g/mol. The minimum Gasteiger partial charge on any atom is -0.466 e. The third-order valence-electron chi connectivity index (χ3n) is 1.98. The van der Waals surface area contributed by atoms with Gasteiger partial charge in [0.25, 0.3) is 0 Å². The van der Waals surface area contributed by atoms with E-state index in [-0.39, 0.29) is 0 Å². The number of rotatable bonds is 5. The number of anilines is 1.